The molecule has 170 valence electrons. The molecule has 0 spiro atoms. The molecule has 0 unspecified atom stereocenters. The number of aromatic nitrogens is 1. The molecular formula is C23H25F3N4OS. The van der Waals surface area contributed by atoms with Crippen LogP contribution >= 0.6 is 11.3 Å². The van der Waals surface area contributed by atoms with Gasteiger partial charge in [0.1, 0.15) is 9.71 Å². The van der Waals surface area contributed by atoms with Crippen LogP contribution in [0.5, 0.6) is 0 Å². The number of nitrogen functional groups attached to an aromatic ring is 1. The van der Waals surface area contributed by atoms with Crippen LogP contribution in [-0.2, 0) is 12.6 Å². The monoisotopic (exact) mass is 462 g/mol. The summed E-state index contributed by atoms with van der Waals surface area (Å²) >= 11 is 0.887. The van der Waals surface area contributed by atoms with Crippen molar-refractivity contribution in [3.8, 4) is 0 Å². The van der Waals surface area contributed by atoms with Crippen molar-refractivity contribution in [3.05, 3.63) is 52.0 Å². The molecule has 0 bridgehead atoms. The first-order valence-electron chi connectivity index (χ1n) is 10.6. The zero-order valence-corrected chi connectivity index (χ0v) is 18.6. The van der Waals surface area contributed by atoms with Gasteiger partial charge in [-0.3, -0.25) is 4.79 Å². The van der Waals surface area contributed by atoms with E-state index in [1.807, 2.05) is 12.1 Å². The highest BCUT2D eigenvalue weighted by atomic mass is 32.1. The number of alkyl halides is 3. The molecule has 0 radical (unpaired) electrons. The van der Waals surface area contributed by atoms with Crippen LogP contribution in [0.2, 0.25) is 0 Å². The minimum Gasteiger partial charge on any atom is -0.397 e. The topological polar surface area (TPSA) is 71.2 Å². The standard InChI is InChI=1S/C23H25F3N4OS/c1-14-13-17(23(24,25)26)18-19(27)20(32-22(18)29-14)21(31)28-10-9-15-5-7-16(8-6-15)30-11-3-2-4-12-30/h5-8,13H,2-4,9-12,27H2,1H3,(H,28,31). The van der Waals surface area contributed by atoms with Gasteiger partial charge in [-0.1, -0.05) is 12.1 Å². The largest absolute Gasteiger partial charge is 0.417 e. The summed E-state index contributed by atoms with van der Waals surface area (Å²) in [5.74, 6) is -0.485. The van der Waals surface area contributed by atoms with E-state index in [9.17, 15) is 18.0 Å². The molecule has 3 N–H and O–H groups in total. The van der Waals surface area contributed by atoms with Gasteiger partial charge >= 0.3 is 6.18 Å². The van der Waals surface area contributed by atoms with Gasteiger partial charge in [0, 0.05) is 36.4 Å². The third kappa shape index (κ3) is 4.67. The van der Waals surface area contributed by atoms with Crippen LogP contribution in [0.4, 0.5) is 24.5 Å². The number of anilines is 2. The van der Waals surface area contributed by atoms with E-state index >= 15 is 0 Å². The molecule has 1 aliphatic rings. The number of fused-ring (bicyclic) bond motifs is 1. The predicted molar refractivity (Wildman–Crippen MR) is 122 cm³/mol. The van der Waals surface area contributed by atoms with E-state index in [0.717, 1.165) is 36.1 Å². The molecule has 0 aliphatic carbocycles. The number of benzene rings is 1. The molecule has 4 rings (SSSR count). The molecule has 32 heavy (non-hydrogen) atoms. The predicted octanol–water partition coefficient (Wildman–Crippen LogP) is 5.17. The lowest BCUT2D eigenvalue weighted by atomic mass is 10.1. The van der Waals surface area contributed by atoms with Crippen molar-refractivity contribution in [1.82, 2.24) is 10.3 Å². The Morgan fingerprint density at radius 1 is 1.19 bits per heavy atom. The molecule has 1 aromatic carbocycles. The lowest BCUT2D eigenvalue weighted by Gasteiger charge is -2.28. The van der Waals surface area contributed by atoms with Gasteiger partial charge in [0.15, 0.2) is 0 Å². The second kappa shape index (κ2) is 8.97. The van der Waals surface area contributed by atoms with Crippen molar-refractivity contribution in [2.24, 2.45) is 0 Å². The zero-order chi connectivity index (χ0) is 22.9. The van der Waals surface area contributed by atoms with Gasteiger partial charge in [-0.25, -0.2) is 4.98 Å². The summed E-state index contributed by atoms with van der Waals surface area (Å²) in [6, 6.07) is 9.25. The Bertz CT molecular complexity index is 1120. The molecule has 9 heteroatoms. The molecule has 1 aliphatic heterocycles. The number of nitrogens with one attached hydrogen (secondary N) is 1. The molecule has 2 aromatic heterocycles. The van der Waals surface area contributed by atoms with Crippen LogP contribution in [0.1, 0.15) is 45.8 Å². The highest BCUT2D eigenvalue weighted by Crippen LogP contribution is 2.42. The van der Waals surface area contributed by atoms with Crippen molar-refractivity contribution in [2.45, 2.75) is 38.8 Å². The van der Waals surface area contributed by atoms with Crippen LogP contribution in [-0.4, -0.2) is 30.5 Å². The average Bonchev–Trinajstić information content (AvgIpc) is 3.09. The van der Waals surface area contributed by atoms with Gasteiger partial charge in [0.2, 0.25) is 0 Å². The molecular weight excluding hydrogens is 437 g/mol. The number of thiophene rings is 1. The van der Waals surface area contributed by atoms with E-state index in [1.54, 1.807) is 0 Å². The Morgan fingerprint density at radius 3 is 2.53 bits per heavy atom. The van der Waals surface area contributed by atoms with Crippen LogP contribution < -0.4 is 16.0 Å². The summed E-state index contributed by atoms with van der Waals surface area (Å²) in [5.41, 5.74) is 7.44. The quantitative estimate of drug-likeness (QED) is 0.549. The first kappa shape index (κ1) is 22.4. The number of carbonyl (C=O) groups excluding carboxylic acids is 1. The second-order valence-corrected chi connectivity index (χ2v) is 9.05. The van der Waals surface area contributed by atoms with Gasteiger partial charge in [0.25, 0.3) is 5.91 Å². The van der Waals surface area contributed by atoms with Crippen LogP contribution in [0.15, 0.2) is 30.3 Å². The average molecular weight is 463 g/mol. The normalized spacial score (nSPS) is 14.7. The summed E-state index contributed by atoms with van der Waals surface area (Å²) in [5, 5.41) is 2.57. The first-order valence-corrected chi connectivity index (χ1v) is 11.4. The van der Waals surface area contributed by atoms with Crippen LogP contribution in [0.3, 0.4) is 0 Å². The number of nitrogens with zero attached hydrogens (tertiary/aromatic N) is 2. The molecule has 1 saturated heterocycles. The number of hydrogen-bond acceptors (Lipinski definition) is 5. The van der Waals surface area contributed by atoms with Crippen molar-refractivity contribution in [2.75, 3.05) is 30.3 Å². The van der Waals surface area contributed by atoms with Gasteiger partial charge < -0.3 is 16.0 Å². The molecule has 1 amide bonds. The summed E-state index contributed by atoms with van der Waals surface area (Å²) in [6.45, 7) is 4.00. The summed E-state index contributed by atoms with van der Waals surface area (Å²) < 4.78 is 40.3. The van der Waals surface area contributed by atoms with E-state index in [4.69, 9.17) is 5.73 Å². The maximum atomic E-state index is 13.4. The van der Waals surface area contributed by atoms with Crippen molar-refractivity contribution in [3.63, 3.8) is 0 Å². The number of amides is 1. The maximum Gasteiger partial charge on any atom is 0.417 e. The number of piperidine rings is 1. The van der Waals surface area contributed by atoms with E-state index in [2.05, 4.69) is 27.3 Å². The number of hydrogen-bond donors (Lipinski definition) is 2. The Labute approximate surface area is 188 Å². The van der Waals surface area contributed by atoms with E-state index in [0.29, 0.717) is 13.0 Å². The minimum atomic E-state index is -4.57. The number of halogens is 3. The Kier molecular flexibility index (Phi) is 6.28. The molecule has 0 atom stereocenters. The smallest absolute Gasteiger partial charge is 0.397 e. The maximum absolute atomic E-state index is 13.4. The number of carbonyl (C=O) groups is 1. The Morgan fingerprint density at radius 2 is 1.88 bits per heavy atom. The fraction of sp³-hybridized carbons (Fsp3) is 0.391. The lowest BCUT2D eigenvalue weighted by molar-refractivity contribution is -0.136. The first-order chi connectivity index (χ1) is 15.2. The molecule has 0 saturated carbocycles. The molecule has 5 nitrogen and oxygen atoms in total. The highest BCUT2D eigenvalue weighted by molar-refractivity contribution is 7.21. The van der Waals surface area contributed by atoms with Gasteiger partial charge in [-0.05, 0) is 56.4 Å². The third-order valence-electron chi connectivity index (χ3n) is 5.70. The van der Waals surface area contributed by atoms with Crippen molar-refractivity contribution < 1.29 is 18.0 Å². The number of nitrogens with two attached hydrogens (primary N) is 1. The van der Waals surface area contributed by atoms with E-state index in [1.165, 1.54) is 31.9 Å². The van der Waals surface area contributed by atoms with Crippen LogP contribution in [0.25, 0.3) is 10.2 Å². The molecule has 1 fully saturated rings. The number of aryl methyl sites for hydroxylation is 1. The fourth-order valence-electron chi connectivity index (χ4n) is 4.06. The van der Waals surface area contributed by atoms with Gasteiger partial charge in [-0.15, -0.1) is 11.3 Å². The summed E-state index contributed by atoms with van der Waals surface area (Å²) in [6.07, 6.45) is -0.245. The van der Waals surface area contributed by atoms with Gasteiger partial charge in [0.05, 0.1) is 11.3 Å². The van der Waals surface area contributed by atoms with Gasteiger partial charge in [-0.2, -0.15) is 13.2 Å². The Hall–Kier alpha value is -2.81. The zero-order valence-electron chi connectivity index (χ0n) is 17.8. The van der Waals surface area contributed by atoms with E-state index in [-0.39, 0.29) is 26.5 Å². The SMILES string of the molecule is Cc1cc(C(F)(F)F)c2c(N)c(C(=O)NCCc3ccc(N4CCCCC4)cc3)sc2n1. The summed E-state index contributed by atoms with van der Waals surface area (Å²) in [4.78, 5) is 19.3. The fourth-order valence-corrected chi connectivity index (χ4v) is 5.14. The van der Waals surface area contributed by atoms with Crippen LogP contribution in [0, 0.1) is 6.92 Å². The lowest BCUT2D eigenvalue weighted by Crippen LogP contribution is -2.29. The second-order valence-electron chi connectivity index (χ2n) is 8.05. The summed E-state index contributed by atoms with van der Waals surface area (Å²) in [7, 11) is 0. The minimum absolute atomic E-state index is 0.0593. The molecule has 3 heterocycles. The number of pyridine rings is 1. The third-order valence-corrected chi connectivity index (χ3v) is 6.79. The Balaban J connectivity index is 1.43. The van der Waals surface area contributed by atoms with Crippen molar-refractivity contribution in [1.29, 1.82) is 0 Å². The van der Waals surface area contributed by atoms with E-state index < -0.39 is 17.6 Å². The van der Waals surface area contributed by atoms with Crippen molar-refractivity contribution >= 4 is 38.8 Å². The molecule has 3 aromatic rings. The highest BCUT2D eigenvalue weighted by Gasteiger charge is 2.35. The number of rotatable bonds is 5.